The monoisotopic (exact) mass is 366 g/mol. The first-order valence-electron chi connectivity index (χ1n) is 8.50. The maximum atomic E-state index is 11.6. The molecule has 9 heteroatoms. The molecule has 25 heavy (non-hydrogen) atoms. The van der Waals surface area contributed by atoms with Gasteiger partial charge in [-0.3, -0.25) is 4.79 Å². The van der Waals surface area contributed by atoms with Gasteiger partial charge in [-0.05, 0) is 34.1 Å². The van der Waals surface area contributed by atoms with E-state index in [1.165, 1.54) is 0 Å². The fraction of sp³-hybridized carbons (Fsp3) is 0.688. The minimum Gasteiger partial charge on any atom is -0.399 e. The molecule has 136 valence electrons. The zero-order chi connectivity index (χ0) is 18.2. The molecule has 3 heterocycles. The Balaban J connectivity index is 1.60. The van der Waals surface area contributed by atoms with Crippen LogP contribution in [0.1, 0.15) is 34.1 Å². The Morgan fingerprint density at radius 3 is 2.48 bits per heavy atom. The van der Waals surface area contributed by atoms with Gasteiger partial charge in [-0.1, -0.05) is 0 Å². The number of hydrogen-bond acceptors (Lipinski definition) is 6. The summed E-state index contributed by atoms with van der Waals surface area (Å²) in [6, 6.07) is 0.134. The van der Waals surface area contributed by atoms with Gasteiger partial charge in [-0.25, -0.2) is 9.97 Å². The molecule has 0 aromatic carbocycles. The number of hydrogen-bond donors (Lipinski definition) is 1. The van der Waals surface area contributed by atoms with Gasteiger partial charge in [-0.15, -0.1) is 11.6 Å². The van der Waals surface area contributed by atoms with Crippen molar-refractivity contribution in [2.45, 2.75) is 51.4 Å². The number of likely N-dealkylation sites (tertiary alicyclic amines) is 1. The van der Waals surface area contributed by atoms with Crippen molar-refractivity contribution in [3.05, 3.63) is 12.4 Å². The number of carbonyl (C=O) groups excluding carboxylic acids is 1. The molecule has 1 aromatic rings. The van der Waals surface area contributed by atoms with Crippen molar-refractivity contribution in [2.24, 2.45) is 0 Å². The first-order valence-corrected chi connectivity index (χ1v) is 9.03. The summed E-state index contributed by atoms with van der Waals surface area (Å²) in [5.41, 5.74) is 0.00261. The molecule has 2 aliphatic rings. The lowest BCUT2D eigenvalue weighted by molar-refractivity contribution is -0.127. The summed E-state index contributed by atoms with van der Waals surface area (Å²) in [5, 5.41) is 3.26. The second-order valence-electron chi connectivity index (χ2n) is 7.53. The summed E-state index contributed by atoms with van der Waals surface area (Å²) in [5.74, 6) is 0.514. The van der Waals surface area contributed by atoms with Gasteiger partial charge in [0.1, 0.15) is 5.88 Å². The minimum atomic E-state index is -0.470. The Labute approximate surface area is 153 Å². The summed E-state index contributed by atoms with van der Waals surface area (Å²) in [6.07, 6.45) is 4.28. The number of amides is 1. The molecule has 0 aliphatic carbocycles. The highest BCUT2D eigenvalue weighted by Crippen LogP contribution is 2.36. The van der Waals surface area contributed by atoms with E-state index in [1.54, 1.807) is 17.3 Å². The van der Waals surface area contributed by atoms with Crippen LogP contribution in [0, 0.1) is 0 Å². The van der Waals surface area contributed by atoms with Crippen molar-refractivity contribution in [2.75, 3.05) is 24.3 Å². The third kappa shape index (κ3) is 3.76. The molecule has 0 radical (unpaired) electrons. The van der Waals surface area contributed by atoms with Crippen molar-refractivity contribution in [3.8, 4) is 0 Å². The Hall–Kier alpha value is -1.38. The highest BCUT2D eigenvalue weighted by molar-refractivity contribution is 6.61. The van der Waals surface area contributed by atoms with Crippen molar-refractivity contribution in [3.63, 3.8) is 0 Å². The maximum Gasteiger partial charge on any atom is 0.498 e. The van der Waals surface area contributed by atoms with Gasteiger partial charge in [0.15, 0.2) is 0 Å². The lowest BCUT2D eigenvalue weighted by Gasteiger charge is -2.32. The van der Waals surface area contributed by atoms with E-state index in [2.05, 4.69) is 15.3 Å². The Kier molecular flexibility index (Phi) is 4.96. The van der Waals surface area contributed by atoms with Crippen LogP contribution in [0.3, 0.4) is 0 Å². The standard InChI is InChI=1S/C16H24BClN4O3/c1-15(2)16(3,4)25-17(24-15)11-8-19-14(20-9-11)21-12-5-6-22(10-12)13(23)7-18/h8-9,12H,5-7,10H2,1-4H3,(H,19,20,21)/t12-/m0/s1. The number of nitrogens with zero attached hydrogens (tertiary/aromatic N) is 3. The molecule has 1 aromatic heterocycles. The van der Waals surface area contributed by atoms with Gasteiger partial charge in [0.25, 0.3) is 0 Å². The van der Waals surface area contributed by atoms with Crippen LogP contribution in [0.2, 0.25) is 0 Å². The van der Waals surface area contributed by atoms with E-state index in [0.29, 0.717) is 19.0 Å². The molecule has 2 aliphatic heterocycles. The topological polar surface area (TPSA) is 76.6 Å². The molecule has 1 N–H and O–H groups in total. The van der Waals surface area contributed by atoms with E-state index >= 15 is 0 Å². The van der Waals surface area contributed by atoms with E-state index in [4.69, 9.17) is 20.9 Å². The average molecular weight is 367 g/mol. The van der Waals surface area contributed by atoms with Crippen molar-refractivity contribution in [1.82, 2.24) is 14.9 Å². The van der Waals surface area contributed by atoms with Crippen LogP contribution >= 0.6 is 11.6 Å². The molecule has 2 saturated heterocycles. The molecule has 0 unspecified atom stereocenters. The number of rotatable bonds is 4. The third-order valence-electron chi connectivity index (χ3n) is 5.19. The van der Waals surface area contributed by atoms with Crippen molar-refractivity contribution in [1.29, 1.82) is 0 Å². The van der Waals surface area contributed by atoms with Gasteiger partial charge in [0.05, 0.1) is 11.2 Å². The van der Waals surface area contributed by atoms with Crippen LogP contribution in [0.25, 0.3) is 0 Å². The quantitative estimate of drug-likeness (QED) is 0.633. The molecular formula is C16H24BClN4O3. The van der Waals surface area contributed by atoms with E-state index in [9.17, 15) is 4.79 Å². The van der Waals surface area contributed by atoms with Crippen LogP contribution in [0.5, 0.6) is 0 Å². The molecule has 7 nitrogen and oxygen atoms in total. The molecule has 1 amide bonds. The average Bonchev–Trinajstić information content (AvgIpc) is 3.10. The largest absolute Gasteiger partial charge is 0.498 e. The van der Waals surface area contributed by atoms with E-state index in [1.807, 2.05) is 27.7 Å². The second-order valence-corrected chi connectivity index (χ2v) is 7.80. The Morgan fingerprint density at radius 1 is 1.32 bits per heavy atom. The van der Waals surface area contributed by atoms with Crippen LogP contribution in [-0.4, -0.2) is 64.1 Å². The predicted octanol–water partition coefficient (Wildman–Crippen LogP) is 1.03. The summed E-state index contributed by atoms with van der Waals surface area (Å²) < 4.78 is 12.0. The normalized spacial score (nSPS) is 24.6. The van der Waals surface area contributed by atoms with Gasteiger partial charge in [0, 0.05) is 37.0 Å². The lowest BCUT2D eigenvalue weighted by Crippen LogP contribution is -2.41. The first kappa shape index (κ1) is 18.4. The van der Waals surface area contributed by atoms with Crippen LogP contribution < -0.4 is 10.8 Å². The summed E-state index contributed by atoms with van der Waals surface area (Å²) in [7, 11) is -0.470. The zero-order valence-corrected chi connectivity index (χ0v) is 15.8. The van der Waals surface area contributed by atoms with Crippen LogP contribution in [-0.2, 0) is 14.1 Å². The van der Waals surface area contributed by atoms with Gasteiger partial charge < -0.3 is 19.5 Å². The number of halogens is 1. The maximum absolute atomic E-state index is 11.6. The molecule has 1 atom stereocenters. The number of aromatic nitrogens is 2. The predicted molar refractivity (Wildman–Crippen MR) is 97.1 cm³/mol. The minimum absolute atomic E-state index is 0.0198. The van der Waals surface area contributed by atoms with Gasteiger partial charge in [0.2, 0.25) is 11.9 Å². The molecule has 0 bridgehead atoms. The number of anilines is 1. The smallest absolute Gasteiger partial charge is 0.399 e. The summed E-state index contributed by atoms with van der Waals surface area (Å²) in [4.78, 5) is 22.1. The number of alkyl halides is 1. The van der Waals surface area contributed by atoms with E-state index in [0.717, 1.165) is 11.9 Å². The summed E-state index contributed by atoms with van der Waals surface area (Å²) in [6.45, 7) is 9.37. The van der Waals surface area contributed by atoms with E-state index < -0.39 is 18.3 Å². The lowest BCUT2D eigenvalue weighted by atomic mass is 9.81. The van der Waals surface area contributed by atoms with E-state index in [-0.39, 0.29) is 17.8 Å². The fourth-order valence-electron chi connectivity index (χ4n) is 2.89. The number of carbonyl (C=O) groups is 1. The Bertz CT molecular complexity index is 625. The number of nitrogens with one attached hydrogen (secondary N) is 1. The molecule has 0 saturated carbocycles. The van der Waals surface area contributed by atoms with Crippen molar-refractivity contribution < 1.29 is 14.1 Å². The molecule has 3 rings (SSSR count). The van der Waals surface area contributed by atoms with Crippen molar-refractivity contribution >= 4 is 36.0 Å². The summed E-state index contributed by atoms with van der Waals surface area (Å²) >= 11 is 5.60. The van der Waals surface area contributed by atoms with Gasteiger partial charge in [-0.2, -0.15) is 0 Å². The second kappa shape index (κ2) is 6.74. The molecule has 2 fully saturated rings. The third-order valence-corrected chi connectivity index (χ3v) is 5.41. The highest BCUT2D eigenvalue weighted by atomic mass is 35.5. The fourth-order valence-corrected chi connectivity index (χ4v) is 3.05. The molecular weight excluding hydrogens is 342 g/mol. The first-order chi connectivity index (χ1) is 11.7. The van der Waals surface area contributed by atoms with Crippen LogP contribution in [0.4, 0.5) is 5.95 Å². The van der Waals surface area contributed by atoms with Gasteiger partial charge >= 0.3 is 7.12 Å². The Morgan fingerprint density at radius 2 is 1.92 bits per heavy atom. The zero-order valence-electron chi connectivity index (χ0n) is 15.1. The highest BCUT2D eigenvalue weighted by Gasteiger charge is 2.51. The molecule has 0 spiro atoms. The van der Waals surface area contributed by atoms with Crippen LogP contribution in [0.15, 0.2) is 12.4 Å². The SMILES string of the molecule is CC1(C)OB(c2cnc(N[C@H]3CCN(C(=O)CCl)C3)nc2)OC1(C)C.